The molecule has 31 heavy (non-hydrogen) atoms. The van der Waals surface area contributed by atoms with E-state index >= 15 is 0 Å². The van der Waals surface area contributed by atoms with Crippen LogP contribution in [0.25, 0.3) is 17.4 Å². The largest absolute Gasteiger partial charge is 0.457 e. The summed E-state index contributed by atoms with van der Waals surface area (Å²) in [5.41, 5.74) is 2.65. The first kappa shape index (κ1) is 20.9. The van der Waals surface area contributed by atoms with Crippen LogP contribution in [0.4, 0.5) is 10.5 Å². The van der Waals surface area contributed by atoms with Gasteiger partial charge in [0.05, 0.1) is 10.7 Å². The van der Waals surface area contributed by atoms with E-state index in [0.29, 0.717) is 27.1 Å². The number of amides is 4. The minimum atomic E-state index is -0.804. The smallest absolute Gasteiger partial charge is 0.335 e. The molecule has 156 valence electrons. The van der Waals surface area contributed by atoms with Gasteiger partial charge in [-0.05, 0) is 73.5 Å². The highest BCUT2D eigenvalue weighted by atomic mass is 35.5. The van der Waals surface area contributed by atoms with Crippen molar-refractivity contribution in [3.05, 3.63) is 81.0 Å². The normalized spacial score (nSPS) is 15.5. The molecule has 1 aliphatic heterocycles. The third-order valence-corrected chi connectivity index (χ3v) is 5.52. The molecule has 4 rings (SSSR count). The summed E-state index contributed by atoms with van der Waals surface area (Å²) >= 11 is 12.2. The van der Waals surface area contributed by atoms with Gasteiger partial charge in [-0.2, -0.15) is 0 Å². The minimum absolute atomic E-state index is 0.226. The average molecular weight is 455 g/mol. The predicted molar refractivity (Wildman–Crippen MR) is 119 cm³/mol. The number of benzene rings is 2. The molecule has 4 amide bonds. The average Bonchev–Trinajstić information content (AvgIpc) is 3.18. The van der Waals surface area contributed by atoms with Crippen molar-refractivity contribution in [2.24, 2.45) is 0 Å². The Morgan fingerprint density at radius 2 is 1.71 bits per heavy atom. The number of hydrogen-bond donors (Lipinski definition) is 1. The lowest BCUT2D eigenvalue weighted by atomic mass is 10.1. The lowest BCUT2D eigenvalue weighted by Gasteiger charge is -2.26. The zero-order chi connectivity index (χ0) is 22.3. The Labute approximate surface area is 188 Å². The highest BCUT2D eigenvalue weighted by Gasteiger charge is 2.37. The number of halogens is 2. The Kier molecular flexibility index (Phi) is 5.43. The first-order valence-electron chi connectivity index (χ1n) is 9.28. The molecule has 8 heteroatoms. The maximum absolute atomic E-state index is 13.0. The van der Waals surface area contributed by atoms with Crippen molar-refractivity contribution >= 4 is 52.8 Å². The Morgan fingerprint density at radius 1 is 0.935 bits per heavy atom. The molecule has 3 aromatic rings. The van der Waals surface area contributed by atoms with Crippen molar-refractivity contribution in [1.82, 2.24) is 5.32 Å². The van der Waals surface area contributed by atoms with Crippen molar-refractivity contribution in [2.75, 3.05) is 4.90 Å². The number of urea groups is 1. The lowest BCUT2D eigenvalue weighted by molar-refractivity contribution is -0.122. The molecule has 0 bridgehead atoms. The SMILES string of the molecule is Cc1ccc(N2C(=O)NC(=O)/C(=C\c3ccc(-c4cc(Cl)ccc4Cl)o3)C2=O)cc1C. The molecule has 0 radical (unpaired) electrons. The summed E-state index contributed by atoms with van der Waals surface area (Å²) < 4.78 is 5.75. The Bertz CT molecular complexity index is 1280. The number of furan rings is 1. The third kappa shape index (κ3) is 4.00. The fourth-order valence-corrected chi connectivity index (χ4v) is 3.54. The van der Waals surface area contributed by atoms with Crippen LogP contribution in [0.2, 0.25) is 10.0 Å². The second-order valence-electron chi connectivity index (χ2n) is 7.05. The first-order chi connectivity index (χ1) is 14.7. The van der Waals surface area contributed by atoms with E-state index in [4.69, 9.17) is 27.6 Å². The number of barbiturate groups is 1. The number of aryl methyl sites for hydroxylation is 2. The molecular formula is C23H16Cl2N2O4. The molecule has 0 spiro atoms. The van der Waals surface area contributed by atoms with E-state index in [1.165, 1.54) is 6.08 Å². The quantitative estimate of drug-likeness (QED) is 0.416. The molecule has 1 aliphatic rings. The monoisotopic (exact) mass is 454 g/mol. The van der Waals surface area contributed by atoms with Crippen molar-refractivity contribution in [2.45, 2.75) is 13.8 Å². The van der Waals surface area contributed by atoms with Gasteiger partial charge in [0.25, 0.3) is 11.8 Å². The van der Waals surface area contributed by atoms with Crippen LogP contribution in [0, 0.1) is 13.8 Å². The van der Waals surface area contributed by atoms with Crippen LogP contribution in [-0.4, -0.2) is 17.8 Å². The van der Waals surface area contributed by atoms with E-state index in [0.717, 1.165) is 16.0 Å². The Morgan fingerprint density at radius 3 is 2.45 bits per heavy atom. The minimum Gasteiger partial charge on any atom is -0.457 e. The highest BCUT2D eigenvalue weighted by Crippen LogP contribution is 2.32. The zero-order valence-electron chi connectivity index (χ0n) is 16.5. The fourth-order valence-electron chi connectivity index (χ4n) is 3.16. The summed E-state index contributed by atoms with van der Waals surface area (Å²) in [5.74, 6) is -0.867. The van der Waals surface area contributed by atoms with Crippen LogP contribution in [0.5, 0.6) is 0 Å². The number of imide groups is 2. The van der Waals surface area contributed by atoms with E-state index in [-0.39, 0.29) is 11.3 Å². The van der Waals surface area contributed by atoms with Crippen molar-refractivity contribution in [1.29, 1.82) is 0 Å². The van der Waals surface area contributed by atoms with Crippen molar-refractivity contribution < 1.29 is 18.8 Å². The second kappa shape index (κ2) is 8.06. The molecule has 0 saturated carbocycles. The number of carbonyl (C=O) groups is 3. The summed E-state index contributed by atoms with van der Waals surface area (Å²) in [6, 6.07) is 12.6. The maximum atomic E-state index is 13.0. The maximum Gasteiger partial charge on any atom is 0.335 e. The van der Waals surface area contributed by atoms with Crippen molar-refractivity contribution in [3.8, 4) is 11.3 Å². The third-order valence-electron chi connectivity index (χ3n) is 4.96. The molecule has 1 saturated heterocycles. The summed E-state index contributed by atoms with van der Waals surface area (Å²) in [4.78, 5) is 38.7. The number of nitrogens with one attached hydrogen (secondary N) is 1. The summed E-state index contributed by atoms with van der Waals surface area (Å²) in [5, 5.41) is 3.12. The number of carbonyl (C=O) groups excluding carboxylic acids is 3. The molecule has 1 fully saturated rings. The lowest BCUT2D eigenvalue weighted by Crippen LogP contribution is -2.54. The Balaban J connectivity index is 1.70. The van der Waals surface area contributed by atoms with Crippen LogP contribution in [0.1, 0.15) is 16.9 Å². The van der Waals surface area contributed by atoms with Gasteiger partial charge in [0.1, 0.15) is 17.1 Å². The zero-order valence-corrected chi connectivity index (χ0v) is 18.0. The van der Waals surface area contributed by atoms with Gasteiger partial charge in [-0.1, -0.05) is 29.3 Å². The van der Waals surface area contributed by atoms with Gasteiger partial charge in [-0.25, -0.2) is 9.69 Å². The molecule has 2 aromatic carbocycles. The van der Waals surface area contributed by atoms with Gasteiger partial charge in [-0.15, -0.1) is 0 Å². The number of nitrogens with zero attached hydrogens (tertiary/aromatic N) is 1. The van der Waals surface area contributed by atoms with Gasteiger partial charge in [0.2, 0.25) is 0 Å². The van der Waals surface area contributed by atoms with Gasteiger partial charge < -0.3 is 4.42 Å². The number of anilines is 1. The summed E-state index contributed by atoms with van der Waals surface area (Å²) in [7, 11) is 0. The van der Waals surface area contributed by atoms with Crippen LogP contribution in [0.3, 0.4) is 0 Å². The van der Waals surface area contributed by atoms with Crippen molar-refractivity contribution in [3.63, 3.8) is 0 Å². The van der Waals surface area contributed by atoms with E-state index in [1.807, 2.05) is 13.8 Å². The molecular weight excluding hydrogens is 439 g/mol. The van der Waals surface area contributed by atoms with Crippen LogP contribution in [-0.2, 0) is 9.59 Å². The van der Waals surface area contributed by atoms with E-state index in [2.05, 4.69) is 5.32 Å². The number of rotatable bonds is 3. The fraction of sp³-hybridized carbons (Fsp3) is 0.0870. The Hall–Kier alpha value is -3.35. The standard InChI is InChI=1S/C23H16Cl2N2O4/c1-12-3-5-15(9-13(12)2)27-22(29)18(21(28)26-23(27)30)11-16-6-8-20(31-16)17-10-14(24)4-7-19(17)25/h3-11H,1-2H3,(H,26,28,30)/b18-11+. The van der Waals surface area contributed by atoms with Crippen LogP contribution in [0.15, 0.2) is 58.5 Å². The molecule has 0 aliphatic carbocycles. The van der Waals surface area contributed by atoms with Gasteiger partial charge in [0.15, 0.2) is 0 Å². The molecule has 6 nitrogen and oxygen atoms in total. The van der Waals surface area contributed by atoms with E-state index in [1.54, 1.807) is 48.5 Å². The second-order valence-corrected chi connectivity index (χ2v) is 7.90. The van der Waals surface area contributed by atoms with Gasteiger partial charge in [0, 0.05) is 10.6 Å². The van der Waals surface area contributed by atoms with E-state index < -0.39 is 17.8 Å². The van der Waals surface area contributed by atoms with E-state index in [9.17, 15) is 14.4 Å². The first-order valence-corrected chi connectivity index (χ1v) is 10.0. The predicted octanol–water partition coefficient (Wildman–Crippen LogP) is 5.54. The molecule has 0 unspecified atom stereocenters. The van der Waals surface area contributed by atoms with Crippen LogP contribution < -0.4 is 10.2 Å². The molecule has 0 atom stereocenters. The van der Waals surface area contributed by atoms with Gasteiger partial charge >= 0.3 is 6.03 Å². The molecule has 1 aromatic heterocycles. The number of hydrogen-bond acceptors (Lipinski definition) is 4. The highest BCUT2D eigenvalue weighted by molar-refractivity contribution is 6.39. The van der Waals surface area contributed by atoms with Gasteiger partial charge in [-0.3, -0.25) is 14.9 Å². The molecule has 2 heterocycles. The summed E-state index contributed by atoms with van der Waals surface area (Å²) in [6.07, 6.45) is 1.29. The molecule has 1 N–H and O–H groups in total. The van der Waals surface area contributed by atoms with Crippen LogP contribution >= 0.6 is 23.2 Å². The topological polar surface area (TPSA) is 79.6 Å². The summed E-state index contributed by atoms with van der Waals surface area (Å²) in [6.45, 7) is 3.80.